The molecule has 0 heterocycles. The van der Waals surface area contributed by atoms with Crippen molar-refractivity contribution >= 4 is 38.6 Å². The van der Waals surface area contributed by atoms with Crippen LogP contribution in [0.2, 0.25) is 0 Å². The number of benzene rings is 8. The van der Waals surface area contributed by atoms with Crippen LogP contribution >= 0.6 is 0 Å². The van der Waals surface area contributed by atoms with E-state index in [0.29, 0.717) is 0 Å². The quantitative estimate of drug-likeness (QED) is 0.192. The minimum absolute atomic E-state index is 0.407. The van der Waals surface area contributed by atoms with Crippen LogP contribution in [0.5, 0.6) is 0 Å². The van der Waals surface area contributed by atoms with Crippen molar-refractivity contribution < 1.29 is 0 Å². The van der Waals surface area contributed by atoms with E-state index in [4.69, 9.17) is 0 Å². The molecule has 2 aliphatic rings. The van der Waals surface area contributed by atoms with Crippen LogP contribution in [0.25, 0.3) is 43.8 Å². The average molecular weight is 612 g/mol. The zero-order valence-corrected chi connectivity index (χ0v) is 27.0. The Morgan fingerprint density at radius 1 is 0.396 bits per heavy atom. The van der Waals surface area contributed by atoms with E-state index in [1.54, 1.807) is 0 Å². The molecule has 48 heavy (non-hydrogen) atoms. The van der Waals surface area contributed by atoms with Crippen LogP contribution in [0.3, 0.4) is 0 Å². The van der Waals surface area contributed by atoms with Gasteiger partial charge in [0.2, 0.25) is 0 Å². The number of anilines is 3. The lowest BCUT2D eigenvalue weighted by Gasteiger charge is -2.32. The first-order chi connectivity index (χ1) is 23.6. The lowest BCUT2D eigenvalue weighted by molar-refractivity contribution is 0.802. The second-order valence-corrected chi connectivity index (χ2v) is 13.4. The minimum atomic E-state index is -0.407. The molecule has 8 aromatic carbocycles. The molecule has 1 nitrogen and oxygen atoms in total. The zero-order valence-electron chi connectivity index (χ0n) is 27.0. The molecule has 0 N–H and O–H groups in total. The Morgan fingerprint density at radius 2 is 1.04 bits per heavy atom. The Hall–Kier alpha value is -5.92. The molecule has 0 unspecified atom stereocenters. The average Bonchev–Trinajstić information content (AvgIpc) is 3.61. The first-order valence-corrected chi connectivity index (χ1v) is 16.9. The Bertz CT molecular complexity index is 2550. The van der Waals surface area contributed by atoms with Crippen molar-refractivity contribution in [3.63, 3.8) is 0 Å². The van der Waals surface area contributed by atoms with E-state index in [-0.39, 0.29) is 0 Å². The SMILES string of the molecule is Cc1ccc(N(c2ccccc2)c2ccc3c4c(ccc3c2)-c2c(ccc3ccccc23)C42c3ccccc3-c3ccccc32)cc1C. The van der Waals surface area contributed by atoms with Gasteiger partial charge in [0.1, 0.15) is 0 Å². The van der Waals surface area contributed by atoms with Crippen molar-refractivity contribution in [3.8, 4) is 22.3 Å². The monoisotopic (exact) mass is 611 g/mol. The molecule has 0 radical (unpaired) electrons. The van der Waals surface area contributed by atoms with Crippen molar-refractivity contribution in [1.29, 1.82) is 0 Å². The summed E-state index contributed by atoms with van der Waals surface area (Å²) < 4.78 is 0. The van der Waals surface area contributed by atoms with E-state index in [0.717, 1.165) is 11.4 Å². The molecular formula is C47H33N. The van der Waals surface area contributed by atoms with Gasteiger partial charge in [-0.1, -0.05) is 127 Å². The van der Waals surface area contributed by atoms with Gasteiger partial charge in [0.25, 0.3) is 0 Å². The number of para-hydroxylation sites is 1. The van der Waals surface area contributed by atoms with E-state index in [1.165, 1.54) is 82.9 Å². The van der Waals surface area contributed by atoms with Gasteiger partial charge in [0, 0.05) is 17.1 Å². The number of nitrogens with zero attached hydrogens (tertiary/aromatic N) is 1. The molecule has 0 amide bonds. The molecule has 0 saturated carbocycles. The molecule has 226 valence electrons. The van der Waals surface area contributed by atoms with Gasteiger partial charge < -0.3 is 4.90 Å². The molecule has 2 aliphatic carbocycles. The lowest BCUT2D eigenvalue weighted by Crippen LogP contribution is -2.26. The third kappa shape index (κ3) is 3.56. The van der Waals surface area contributed by atoms with E-state index in [9.17, 15) is 0 Å². The maximum atomic E-state index is 2.41. The van der Waals surface area contributed by atoms with Gasteiger partial charge in [0.05, 0.1) is 5.41 Å². The highest BCUT2D eigenvalue weighted by molar-refractivity contribution is 6.11. The van der Waals surface area contributed by atoms with Gasteiger partial charge >= 0.3 is 0 Å². The molecule has 0 aliphatic heterocycles. The first-order valence-electron chi connectivity index (χ1n) is 16.9. The summed E-state index contributed by atoms with van der Waals surface area (Å²) in [5.41, 5.74) is 16.5. The van der Waals surface area contributed by atoms with Gasteiger partial charge in [-0.15, -0.1) is 0 Å². The van der Waals surface area contributed by atoms with Crippen molar-refractivity contribution in [2.45, 2.75) is 19.3 Å². The number of hydrogen-bond acceptors (Lipinski definition) is 1. The summed E-state index contributed by atoms with van der Waals surface area (Å²) in [5.74, 6) is 0. The number of aryl methyl sites for hydroxylation is 2. The number of hydrogen-bond donors (Lipinski definition) is 0. The summed E-state index contributed by atoms with van der Waals surface area (Å²) in [4.78, 5) is 2.39. The Kier molecular flexibility index (Phi) is 5.69. The second-order valence-electron chi connectivity index (χ2n) is 13.4. The maximum absolute atomic E-state index is 2.41. The predicted octanol–water partition coefficient (Wildman–Crippen LogP) is 12.4. The van der Waals surface area contributed by atoms with Crippen LogP contribution in [-0.4, -0.2) is 0 Å². The summed E-state index contributed by atoms with van der Waals surface area (Å²) in [6, 6.07) is 61.1. The molecule has 0 bridgehead atoms. The molecule has 1 spiro atoms. The highest BCUT2D eigenvalue weighted by Gasteiger charge is 2.52. The topological polar surface area (TPSA) is 3.24 Å². The van der Waals surface area contributed by atoms with Gasteiger partial charge in [-0.25, -0.2) is 0 Å². The van der Waals surface area contributed by atoms with Crippen LogP contribution in [0.4, 0.5) is 17.1 Å². The fourth-order valence-electron chi connectivity index (χ4n) is 8.76. The van der Waals surface area contributed by atoms with E-state index < -0.39 is 5.41 Å². The Labute approximate surface area is 281 Å². The van der Waals surface area contributed by atoms with Crippen molar-refractivity contribution in [2.75, 3.05) is 4.90 Å². The van der Waals surface area contributed by atoms with Gasteiger partial charge in [-0.05, 0) is 127 Å². The summed E-state index contributed by atoms with van der Waals surface area (Å²) in [7, 11) is 0. The Balaban J connectivity index is 1.29. The van der Waals surface area contributed by atoms with Crippen LogP contribution in [0.1, 0.15) is 33.4 Å². The summed E-state index contributed by atoms with van der Waals surface area (Å²) in [6.45, 7) is 4.38. The third-order valence-corrected chi connectivity index (χ3v) is 11.0. The molecule has 10 rings (SSSR count). The van der Waals surface area contributed by atoms with Crippen LogP contribution in [0, 0.1) is 13.8 Å². The van der Waals surface area contributed by atoms with E-state index in [1.807, 2.05) is 0 Å². The van der Waals surface area contributed by atoms with E-state index >= 15 is 0 Å². The molecule has 0 aromatic heterocycles. The lowest BCUT2D eigenvalue weighted by atomic mass is 9.69. The highest BCUT2D eigenvalue weighted by Crippen LogP contribution is 2.65. The molecule has 0 atom stereocenters. The summed E-state index contributed by atoms with van der Waals surface area (Å²) in [5, 5.41) is 5.14. The zero-order chi connectivity index (χ0) is 32.0. The summed E-state index contributed by atoms with van der Waals surface area (Å²) >= 11 is 0. The predicted molar refractivity (Wildman–Crippen MR) is 202 cm³/mol. The normalized spacial score (nSPS) is 13.4. The van der Waals surface area contributed by atoms with Gasteiger partial charge in [-0.3, -0.25) is 0 Å². The first kappa shape index (κ1) is 27.2. The second kappa shape index (κ2) is 10.0. The molecule has 0 fully saturated rings. The van der Waals surface area contributed by atoms with Crippen molar-refractivity contribution in [1.82, 2.24) is 0 Å². The summed E-state index contributed by atoms with van der Waals surface area (Å²) in [6.07, 6.45) is 0. The van der Waals surface area contributed by atoms with Gasteiger partial charge in [0.15, 0.2) is 0 Å². The molecule has 8 aromatic rings. The van der Waals surface area contributed by atoms with Crippen molar-refractivity contribution in [2.24, 2.45) is 0 Å². The van der Waals surface area contributed by atoms with E-state index in [2.05, 4.69) is 183 Å². The number of fused-ring (bicyclic) bond motifs is 14. The fourth-order valence-corrected chi connectivity index (χ4v) is 8.76. The fraction of sp³-hybridized carbons (Fsp3) is 0.0638. The van der Waals surface area contributed by atoms with Crippen LogP contribution in [-0.2, 0) is 5.41 Å². The Morgan fingerprint density at radius 3 is 1.81 bits per heavy atom. The number of rotatable bonds is 3. The molecule has 1 heteroatoms. The third-order valence-electron chi connectivity index (χ3n) is 11.0. The molecular weight excluding hydrogens is 579 g/mol. The smallest absolute Gasteiger partial charge is 0.0731 e. The van der Waals surface area contributed by atoms with Gasteiger partial charge in [-0.2, -0.15) is 0 Å². The largest absolute Gasteiger partial charge is 0.310 e. The standard InChI is InChI=1S/C47H33N/c1-30-20-23-35(28-31(30)2)48(34-13-4-3-5-14-34)36-24-26-38-33(29-36)21-25-41-45-37-15-7-6-12-32(37)22-27-44(45)47(46(38)41)42-18-10-8-16-39(42)40-17-9-11-19-43(40)47/h3-29H,1-2H3. The van der Waals surface area contributed by atoms with Crippen molar-refractivity contribution in [3.05, 3.63) is 197 Å². The highest BCUT2D eigenvalue weighted by atomic mass is 15.1. The molecule has 0 saturated heterocycles. The van der Waals surface area contributed by atoms with Crippen LogP contribution in [0.15, 0.2) is 164 Å². The maximum Gasteiger partial charge on any atom is 0.0731 e. The van der Waals surface area contributed by atoms with Crippen LogP contribution < -0.4 is 4.90 Å². The minimum Gasteiger partial charge on any atom is -0.310 e.